The molecule has 0 saturated heterocycles. The van der Waals surface area contributed by atoms with E-state index in [0.29, 0.717) is 16.5 Å². The first kappa shape index (κ1) is 15.1. The number of nitrogen functional groups attached to an aromatic ring is 1. The van der Waals surface area contributed by atoms with Crippen molar-refractivity contribution in [1.82, 2.24) is 9.69 Å². The Kier molecular flexibility index (Phi) is 4.82. The van der Waals surface area contributed by atoms with E-state index in [2.05, 4.69) is 15.0 Å². The van der Waals surface area contributed by atoms with E-state index in [4.69, 9.17) is 5.73 Å². The summed E-state index contributed by atoms with van der Waals surface area (Å²) in [6, 6.07) is 0.0552. The fourth-order valence-electron chi connectivity index (χ4n) is 2.45. The zero-order valence-electron chi connectivity index (χ0n) is 11.8. The van der Waals surface area contributed by atoms with E-state index in [9.17, 15) is 9.90 Å². The van der Waals surface area contributed by atoms with Gasteiger partial charge in [-0.05, 0) is 50.6 Å². The van der Waals surface area contributed by atoms with E-state index in [0.717, 1.165) is 25.8 Å². The first-order valence-electron chi connectivity index (χ1n) is 6.95. The number of nitrogens with one attached hydrogen (secondary N) is 2. The van der Waals surface area contributed by atoms with Crippen LogP contribution in [0.25, 0.3) is 0 Å². The molecule has 20 heavy (non-hydrogen) atoms. The van der Waals surface area contributed by atoms with Crippen LogP contribution in [0.5, 0.6) is 0 Å². The molecule has 1 heterocycles. The summed E-state index contributed by atoms with van der Waals surface area (Å²) in [5, 5.41) is 16.3. The standard InChI is InChI=1S/C13H22N4O2S/c1-7(2)16-12(19)10-11(14)17-20-13(10)15-6-8-3-4-9(18)5-8/h7-9,15,18H,3-6H2,1-2H3,(H2,14,17)(H,16,19). The first-order chi connectivity index (χ1) is 9.47. The number of aromatic nitrogens is 1. The number of hydrogen-bond acceptors (Lipinski definition) is 6. The molecule has 0 aromatic carbocycles. The maximum atomic E-state index is 12.1. The minimum absolute atomic E-state index is 0.0552. The molecule has 2 unspecified atom stereocenters. The second-order valence-corrected chi connectivity index (χ2v) is 6.39. The Labute approximate surface area is 122 Å². The third-order valence-electron chi connectivity index (χ3n) is 3.43. The Balaban J connectivity index is 1.99. The van der Waals surface area contributed by atoms with Gasteiger partial charge in [0, 0.05) is 12.6 Å². The van der Waals surface area contributed by atoms with Gasteiger partial charge in [0.1, 0.15) is 10.6 Å². The topological polar surface area (TPSA) is 100 Å². The van der Waals surface area contributed by atoms with Crippen molar-refractivity contribution in [1.29, 1.82) is 0 Å². The number of nitrogens with zero attached hydrogens (tertiary/aromatic N) is 1. The van der Waals surface area contributed by atoms with Crippen molar-refractivity contribution in [3.05, 3.63) is 5.56 Å². The minimum Gasteiger partial charge on any atom is -0.393 e. The number of nitrogens with two attached hydrogens (primary N) is 1. The third kappa shape index (κ3) is 3.61. The van der Waals surface area contributed by atoms with E-state index >= 15 is 0 Å². The SMILES string of the molecule is CC(C)NC(=O)c1c(N)nsc1NCC1CCC(O)C1. The summed E-state index contributed by atoms with van der Waals surface area (Å²) in [5.74, 6) is 0.511. The third-order valence-corrected chi connectivity index (χ3v) is 4.25. The van der Waals surface area contributed by atoms with Crippen molar-refractivity contribution in [2.24, 2.45) is 5.92 Å². The van der Waals surface area contributed by atoms with Crippen LogP contribution in [-0.2, 0) is 0 Å². The first-order valence-corrected chi connectivity index (χ1v) is 7.72. The molecule has 2 atom stereocenters. The second-order valence-electron chi connectivity index (χ2n) is 5.61. The largest absolute Gasteiger partial charge is 0.393 e. The van der Waals surface area contributed by atoms with Gasteiger partial charge in [0.25, 0.3) is 5.91 Å². The van der Waals surface area contributed by atoms with Gasteiger partial charge in [-0.15, -0.1) is 0 Å². The van der Waals surface area contributed by atoms with Gasteiger partial charge in [0.15, 0.2) is 5.82 Å². The molecule has 1 aliphatic carbocycles. The maximum absolute atomic E-state index is 12.1. The van der Waals surface area contributed by atoms with E-state index in [-0.39, 0.29) is 23.9 Å². The summed E-state index contributed by atoms with van der Waals surface area (Å²) in [4.78, 5) is 12.1. The Morgan fingerprint density at radius 1 is 1.55 bits per heavy atom. The predicted octanol–water partition coefficient (Wildman–Crippen LogP) is 1.44. The van der Waals surface area contributed by atoms with Crippen LogP contribution in [0.1, 0.15) is 43.5 Å². The van der Waals surface area contributed by atoms with E-state index in [1.165, 1.54) is 11.5 Å². The van der Waals surface area contributed by atoms with Gasteiger partial charge >= 0.3 is 0 Å². The lowest BCUT2D eigenvalue weighted by Gasteiger charge is -2.13. The Hall–Kier alpha value is -1.34. The molecule has 7 heteroatoms. The van der Waals surface area contributed by atoms with Crippen molar-refractivity contribution in [3.63, 3.8) is 0 Å². The van der Waals surface area contributed by atoms with E-state index < -0.39 is 0 Å². The molecule has 1 saturated carbocycles. The van der Waals surface area contributed by atoms with E-state index in [1.54, 1.807) is 0 Å². The fraction of sp³-hybridized carbons (Fsp3) is 0.692. The van der Waals surface area contributed by atoms with Crippen molar-refractivity contribution in [2.45, 2.75) is 45.3 Å². The number of carbonyl (C=O) groups excluding carboxylic acids is 1. The molecule has 2 rings (SSSR count). The van der Waals surface area contributed by atoms with Crippen LogP contribution >= 0.6 is 11.5 Å². The molecule has 6 nitrogen and oxygen atoms in total. The van der Waals surface area contributed by atoms with Gasteiger partial charge in [0.05, 0.1) is 6.10 Å². The van der Waals surface area contributed by atoms with Gasteiger partial charge in [0.2, 0.25) is 0 Å². The molecular weight excluding hydrogens is 276 g/mol. The van der Waals surface area contributed by atoms with Crippen LogP contribution in [0.2, 0.25) is 0 Å². The number of aliphatic hydroxyl groups excluding tert-OH is 1. The lowest BCUT2D eigenvalue weighted by Crippen LogP contribution is -2.31. The highest BCUT2D eigenvalue weighted by Crippen LogP contribution is 2.30. The number of amides is 1. The molecular formula is C13H22N4O2S. The van der Waals surface area contributed by atoms with Crippen molar-refractivity contribution in [2.75, 3.05) is 17.6 Å². The Morgan fingerprint density at radius 3 is 2.90 bits per heavy atom. The Morgan fingerprint density at radius 2 is 2.30 bits per heavy atom. The molecule has 1 fully saturated rings. The highest BCUT2D eigenvalue weighted by Gasteiger charge is 2.24. The summed E-state index contributed by atoms with van der Waals surface area (Å²) in [7, 11) is 0. The zero-order valence-corrected chi connectivity index (χ0v) is 12.7. The summed E-state index contributed by atoms with van der Waals surface area (Å²) in [6.45, 7) is 4.54. The number of aliphatic hydroxyl groups is 1. The molecule has 1 aromatic heterocycles. The van der Waals surface area contributed by atoms with Gasteiger partial charge in [-0.1, -0.05) is 0 Å². The molecule has 5 N–H and O–H groups in total. The average molecular weight is 298 g/mol. The van der Waals surface area contributed by atoms with Crippen LogP contribution in [0.15, 0.2) is 0 Å². The highest BCUT2D eigenvalue weighted by molar-refractivity contribution is 7.11. The number of anilines is 2. The molecule has 1 aliphatic rings. The Bertz CT molecular complexity index is 475. The van der Waals surface area contributed by atoms with Gasteiger partial charge in [-0.2, -0.15) is 4.37 Å². The molecule has 0 radical (unpaired) electrons. The van der Waals surface area contributed by atoms with Crippen LogP contribution in [0.4, 0.5) is 10.8 Å². The monoisotopic (exact) mass is 298 g/mol. The van der Waals surface area contributed by atoms with Crippen LogP contribution < -0.4 is 16.4 Å². The summed E-state index contributed by atoms with van der Waals surface area (Å²) >= 11 is 1.21. The molecule has 0 aliphatic heterocycles. The highest BCUT2D eigenvalue weighted by atomic mass is 32.1. The van der Waals surface area contributed by atoms with E-state index in [1.807, 2.05) is 13.8 Å². The average Bonchev–Trinajstić information content (AvgIpc) is 2.92. The van der Waals surface area contributed by atoms with Crippen LogP contribution in [0, 0.1) is 5.92 Å². The normalized spacial score (nSPS) is 22.2. The van der Waals surface area contributed by atoms with Crippen LogP contribution in [-0.4, -0.2) is 34.1 Å². The summed E-state index contributed by atoms with van der Waals surface area (Å²) < 4.78 is 4.05. The molecule has 112 valence electrons. The number of carbonyl (C=O) groups is 1. The second kappa shape index (κ2) is 6.41. The maximum Gasteiger partial charge on any atom is 0.258 e. The lowest BCUT2D eigenvalue weighted by atomic mass is 10.1. The summed E-state index contributed by atoms with van der Waals surface area (Å²) in [6.07, 6.45) is 2.50. The molecule has 1 amide bonds. The quantitative estimate of drug-likeness (QED) is 0.659. The molecule has 0 spiro atoms. The van der Waals surface area contributed by atoms with Crippen molar-refractivity contribution in [3.8, 4) is 0 Å². The molecule has 0 bridgehead atoms. The minimum atomic E-state index is -0.194. The van der Waals surface area contributed by atoms with Crippen molar-refractivity contribution < 1.29 is 9.90 Å². The van der Waals surface area contributed by atoms with Gasteiger partial charge in [-0.3, -0.25) is 4.79 Å². The predicted molar refractivity (Wildman–Crippen MR) is 81.0 cm³/mol. The fourth-order valence-corrected chi connectivity index (χ4v) is 3.17. The smallest absolute Gasteiger partial charge is 0.258 e. The van der Waals surface area contributed by atoms with Gasteiger partial charge < -0.3 is 21.5 Å². The van der Waals surface area contributed by atoms with Gasteiger partial charge in [-0.25, -0.2) is 0 Å². The lowest BCUT2D eigenvalue weighted by molar-refractivity contribution is 0.0945. The number of hydrogen-bond donors (Lipinski definition) is 4. The van der Waals surface area contributed by atoms with Crippen molar-refractivity contribution >= 4 is 28.3 Å². The molecule has 1 aromatic rings. The zero-order chi connectivity index (χ0) is 14.7. The summed E-state index contributed by atoms with van der Waals surface area (Å²) in [5.41, 5.74) is 6.21. The number of rotatable bonds is 5. The van der Waals surface area contributed by atoms with Crippen LogP contribution in [0.3, 0.4) is 0 Å².